The van der Waals surface area contributed by atoms with Crippen LogP contribution in [0.3, 0.4) is 0 Å². The van der Waals surface area contributed by atoms with Crippen molar-refractivity contribution in [2.75, 3.05) is 19.7 Å². The van der Waals surface area contributed by atoms with Gasteiger partial charge in [0.2, 0.25) is 17.7 Å². The minimum Gasteiger partial charge on any atom is -0.396 e. The van der Waals surface area contributed by atoms with Crippen LogP contribution in [0.4, 0.5) is 0 Å². The zero-order valence-electron chi connectivity index (χ0n) is 18.8. The van der Waals surface area contributed by atoms with Gasteiger partial charge >= 0.3 is 0 Å². The van der Waals surface area contributed by atoms with Crippen molar-refractivity contribution in [2.45, 2.75) is 93.2 Å². The monoisotopic (exact) mass is 451 g/mol. The number of thioether (sulfide) groups is 1. The Kier molecular flexibility index (Phi) is 6.59. The van der Waals surface area contributed by atoms with Crippen molar-refractivity contribution in [3.63, 3.8) is 0 Å². The highest BCUT2D eigenvalue weighted by molar-refractivity contribution is 8.02. The molecule has 2 bridgehead atoms. The zero-order valence-corrected chi connectivity index (χ0v) is 19.6. The molecule has 3 saturated heterocycles. The molecule has 5 atom stereocenters. The van der Waals surface area contributed by atoms with Gasteiger partial charge in [0.15, 0.2) is 0 Å². The van der Waals surface area contributed by atoms with E-state index in [0.717, 1.165) is 44.9 Å². The second-order valence-electron chi connectivity index (χ2n) is 9.97. The van der Waals surface area contributed by atoms with Gasteiger partial charge in [-0.3, -0.25) is 14.4 Å². The maximum Gasteiger partial charge on any atom is 0.244 e. The Hall–Kier alpha value is -1.28. The molecule has 4 rings (SSSR count). The van der Waals surface area contributed by atoms with Gasteiger partial charge in [0.1, 0.15) is 6.04 Å². The van der Waals surface area contributed by atoms with Gasteiger partial charge in [-0.1, -0.05) is 26.2 Å². The molecule has 31 heavy (non-hydrogen) atoms. The van der Waals surface area contributed by atoms with E-state index in [4.69, 9.17) is 0 Å². The fraction of sp³-hybridized carbons (Fsp3) is 0.870. The van der Waals surface area contributed by atoms with Crippen molar-refractivity contribution in [1.82, 2.24) is 15.5 Å². The van der Waals surface area contributed by atoms with Crippen molar-refractivity contribution in [1.29, 1.82) is 0 Å². The first kappa shape index (κ1) is 22.9. The van der Waals surface area contributed by atoms with Gasteiger partial charge < -0.3 is 20.6 Å². The molecule has 0 aromatic heterocycles. The zero-order chi connectivity index (χ0) is 22.2. The lowest BCUT2D eigenvalue weighted by Gasteiger charge is -2.36. The van der Waals surface area contributed by atoms with Crippen LogP contribution in [0.5, 0.6) is 0 Å². The Balaban J connectivity index is 1.64. The first-order valence-electron chi connectivity index (χ1n) is 12.1. The third kappa shape index (κ3) is 3.77. The molecule has 4 aliphatic rings. The van der Waals surface area contributed by atoms with Crippen LogP contribution >= 0.6 is 11.8 Å². The van der Waals surface area contributed by atoms with E-state index in [1.54, 1.807) is 16.7 Å². The first-order chi connectivity index (χ1) is 14.9. The summed E-state index contributed by atoms with van der Waals surface area (Å²) in [4.78, 5) is 42.2. The van der Waals surface area contributed by atoms with Gasteiger partial charge in [0.05, 0.1) is 16.6 Å². The number of nitrogens with one attached hydrogen (secondary N) is 2. The molecular weight excluding hydrogens is 414 g/mol. The summed E-state index contributed by atoms with van der Waals surface area (Å²) in [5.41, 5.74) is 0. The summed E-state index contributed by atoms with van der Waals surface area (Å²) < 4.78 is -0.862. The van der Waals surface area contributed by atoms with Crippen molar-refractivity contribution >= 4 is 29.5 Å². The van der Waals surface area contributed by atoms with Gasteiger partial charge in [-0.15, -0.1) is 11.8 Å². The van der Waals surface area contributed by atoms with Crippen molar-refractivity contribution in [3.8, 4) is 0 Å². The van der Waals surface area contributed by atoms with Crippen LogP contribution in [0, 0.1) is 11.8 Å². The van der Waals surface area contributed by atoms with Crippen LogP contribution in [0.2, 0.25) is 0 Å². The van der Waals surface area contributed by atoms with Crippen LogP contribution in [-0.2, 0) is 14.4 Å². The number of nitrogens with zero attached hydrogens (tertiary/aromatic N) is 1. The van der Waals surface area contributed by atoms with Gasteiger partial charge in [0.25, 0.3) is 0 Å². The molecule has 174 valence electrons. The van der Waals surface area contributed by atoms with E-state index >= 15 is 0 Å². The van der Waals surface area contributed by atoms with Gasteiger partial charge in [-0.25, -0.2) is 0 Å². The Labute approximate surface area is 189 Å². The highest BCUT2D eigenvalue weighted by atomic mass is 32.2. The minimum absolute atomic E-state index is 0.0241. The minimum atomic E-state index is -0.561. The summed E-state index contributed by atoms with van der Waals surface area (Å²) in [6.07, 6.45) is 8.36. The third-order valence-corrected chi connectivity index (χ3v) is 9.85. The molecule has 0 aromatic rings. The quantitative estimate of drug-likeness (QED) is 0.523. The van der Waals surface area contributed by atoms with E-state index in [1.807, 2.05) is 6.92 Å². The number of rotatable bonds is 8. The smallest absolute Gasteiger partial charge is 0.244 e. The largest absolute Gasteiger partial charge is 0.396 e. The lowest BCUT2D eigenvalue weighted by molar-refractivity contribution is -0.140. The number of aliphatic hydroxyl groups excluding tert-OH is 1. The van der Waals surface area contributed by atoms with Crippen LogP contribution < -0.4 is 10.6 Å². The summed E-state index contributed by atoms with van der Waals surface area (Å²) in [5, 5.41) is 15.7. The summed E-state index contributed by atoms with van der Waals surface area (Å²) in [7, 11) is 0. The molecule has 4 fully saturated rings. The highest BCUT2D eigenvalue weighted by Gasteiger charge is 2.76. The fourth-order valence-corrected chi connectivity index (χ4v) is 8.85. The number of carbonyl (C=O) groups is 3. The number of hydrogen-bond acceptors (Lipinski definition) is 5. The lowest BCUT2D eigenvalue weighted by Crippen LogP contribution is -2.55. The summed E-state index contributed by atoms with van der Waals surface area (Å²) in [6, 6.07) is -0.386. The third-order valence-electron chi connectivity index (χ3n) is 7.87. The Bertz CT molecular complexity index is 728. The molecule has 3 amide bonds. The molecule has 1 saturated carbocycles. The number of aliphatic hydroxyl groups is 1. The maximum atomic E-state index is 13.7. The van der Waals surface area contributed by atoms with E-state index in [2.05, 4.69) is 17.6 Å². The Morgan fingerprint density at radius 2 is 1.94 bits per heavy atom. The van der Waals surface area contributed by atoms with E-state index < -0.39 is 22.6 Å². The topological polar surface area (TPSA) is 98.7 Å². The number of likely N-dealkylation sites (tertiary alicyclic amines) is 1. The van der Waals surface area contributed by atoms with E-state index in [0.29, 0.717) is 19.5 Å². The summed E-state index contributed by atoms with van der Waals surface area (Å²) in [5.74, 6) is -1.06. The highest BCUT2D eigenvalue weighted by Crippen LogP contribution is 2.71. The van der Waals surface area contributed by atoms with Crippen molar-refractivity contribution in [2.24, 2.45) is 11.8 Å². The van der Waals surface area contributed by atoms with Crippen LogP contribution in [0.15, 0.2) is 0 Å². The number of carbonyl (C=O) groups excluding carboxylic acids is 3. The molecule has 1 spiro atoms. The Morgan fingerprint density at radius 3 is 2.61 bits per heavy atom. The first-order valence-corrected chi connectivity index (χ1v) is 12.9. The molecule has 0 aromatic carbocycles. The van der Waals surface area contributed by atoms with Crippen molar-refractivity contribution in [3.05, 3.63) is 0 Å². The normalized spacial score (nSPS) is 37.2. The second kappa shape index (κ2) is 8.93. The number of fused-ring (bicyclic) bond motifs is 1. The fourth-order valence-electron chi connectivity index (χ4n) is 6.49. The average Bonchev–Trinajstić information content (AvgIpc) is 3.32. The molecular formula is C23H37N3O4S. The van der Waals surface area contributed by atoms with E-state index in [-0.39, 0.29) is 35.1 Å². The van der Waals surface area contributed by atoms with Crippen LogP contribution in [0.1, 0.15) is 71.6 Å². The molecule has 3 N–H and O–H groups in total. The number of amides is 3. The van der Waals surface area contributed by atoms with Crippen molar-refractivity contribution < 1.29 is 19.5 Å². The Morgan fingerprint density at radius 1 is 1.19 bits per heavy atom. The molecule has 8 heteroatoms. The number of hydrogen-bond donors (Lipinski definition) is 3. The predicted octanol–water partition coefficient (Wildman–Crippen LogP) is 1.83. The molecule has 3 aliphatic heterocycles. The molecule has 7 nitrogen and oxygen atoms in total. The van der Waals surface area contributed by atoms with E-state index in [1.165, 1.54) is 6.42 Å². The molecule has 2 unspecified atom stereocenters. The molecule has 0 radical (unpaired) electrons. The second-order valence-corrected chi connectivity index (χ2v) is 11.9. The van der Waals surface area contributed by atoms with Gasteiger partial charge in [-0.2, -0.15) is 0 Å². The SMILES string of the molecule is CCCNC(=O)[C@@H]1[C@H]2C(=O)N(CCCO)C(C(=O)NC3CCCCC3)C23CC[C@@]1(C)S3. The maximum absolute atomic E-state index is 13.7. The van der Waals surface area contributed by atoms with Gasteiger partial charge in [-0.05, 0) is 45.4 Å². The molecule has 1 aliphatic carbocycles. The standard InChI is InChI=1S/C23H37N3O4S/c1-3-12-24-19(28)16-17-21(30)26(13-7-14-27)18(23(17)11-10-22(16,2)31-23)20(29)25-15-8-5-4-6-9-15/h15-18,27H,3-14H2,1-2H3,(H,24,28)(H,25,29)/t16-,17-,18?,22+,23?/m0/s1. The summed E-state index contributed by atoms with van der Waals surface area (Å²) in [6.45, 7) is 5.05. The van der Waals surface area contributed by atoms with Crippen LogP contribution in [-0.4, -0.2) is 69.0 Å². The van der Waals surface area contributed by atoms with Crippen LogP contribution in [0.25, 0.3) is 0 Å². The van der Waals surface area contributed by atoms with Gasteiger partial charge in [0, 0.05) is 30.5 Å². The predicted molar refractivity (Wildman–Crippen MR) is 120 cm³/mol. The average molecular weight is 452 g/mol. The summed E-state index contributed by atoms with van der Waals surface area (Å²) >= 11 is 1.71. The lowest BCUT2D eigenvalue weighted by atomic mass is 9.66. The van der Waals surface area contributed by atoms with E-state index in [9.17, 15) is 19.5 Å². The molecule has 3 heterocycles.